The largest absolute Gasteiger partial charge is 0.573 e. The number of quaternary nitrogens is 1. The van der Waals surface area contributed by atoms with Crippen molar-refractivity contribution >= 4 is 11.4 Å². The number of alkyl halides is 3. The van der Waals surface area contributed by atoms with E-state index in [2.05, 4.69) is 10.1 Å². The van der Waals surface area contributed by atoms with Gasteiger partial charge in [-0.05, 0) is 13.0 Å². The van der Waals surface area contributed by atoms with E-state index in [1.165, 1.54) is 30.8 Å². The van der Waals surface area contributed by atoms with E-state index >= 15 is 0 Å². The van der Waals surface area contributed by atoms with Gasteiger partial charge in [0, 0.05) is 18.7 Å². The first-order valence-electron chi connectivity index (χ1n) is 4.96. The van der Waals surface area contributed by atoms with Crippen LogP contribution in [0.3, 0.4) is 0 Å². The van der Waals surface area contributed by atoms with Gasteiger partial charge in [0.15, 0.2) is 5.69 Å². The Hall–Kier alpha value is -1.47. The number of halogens is 3. The fraction of sp³-hybridized carbons (Fsp3) is 0.400. The van der Waals surface area contributed by atoms with Gasteiger partial charge < -0.3 is 10.1 Å². The van der Waals surface area contributed by atoms with Crippen molar-refractivity contribution in [2.24, 2.45) is 0 Å². The lowest BCUT2D eigenvalue weighted by Gasteiger charge is -2.12. The molecular weight excluding hydrogens is 237 g/mol. The molecule has 0 heterocycles. The van der Waals surface area contributed by atoms with E-state index in [0.717, 1.165) is 0 Å². The Morgan fingerprint density at radius 2 is 2.06 bits per heavy atom. The molecule has 0 aliphatic carbocycles. The van der Waals surface area contributed by atoms with E-state index in [1.807, 2.05) is 6.92 Å². The number of ether oxygens (including phenoxy) is 1. The van der Waals surface area contributed by atoms with Crippen molar-refractivity contribution in [1.29, 1.82) is 0 Å². The Morgan fingerprint density at radius 3 is 2.59 bits per heavy atom. The first kappa shape index (κ1) is 13.6. The number of hydrogen-bond donors (Lipinski definition) is 2. The van der Waals surface area contributed by atoms with E-state index in [-0.39, 0.29) is 5.75 Å². The zero-order valence-corrected chi connectivity index (χ0v) is 9.47. The quantitative estimate of drug-likeness (QED) is 0.619. The maximum absolute atomic E-state index is 12.0. The molecule has 0 saturated heterocycles. The predicted octanol–water partition coefficient (Wildman–Crippen LogP) is 1.77. The van der Waals surface area contributed by atoms with Gasteiger partial charge in [-0.2, -0.15) is 5.48 Å². The van der Waals surface area contributed by atoms with Crippen LogP contribution in [0.1, 0.15) is 6.92 Å². The third kappa shape index (κ3) is 4.49. The first-order chi connectivity index (χ1) is 7.96. The SMILES string of the molecule is CCNc1cc(OC(F)(F)F)ccc1[NH2+]OC. The molecular formula is C10H14F3N2O2+. The molecule has 0 radical (unpaired) electrons. The minimum Gasteiger partial charge on any atom is -0.406 e. The summed E-state index contributed by atoms with van der Waals surface area (Å²) in [4.78, 5) is 4.83. The van der Waals surface area contributed by atoms with Gasteiger partial charge in [-0.15, -0.1) is 13.2 Å². The Labute approximate surface area is 96.7 Å². The molecule has 0 spiro atoms. The fourth-order valence-electron chi connectivity index (χ4n) is 1.31. The summed E-state index contributed by atoms with van der Waals surface area (Å²) in [7, 11) is 1.47. The molecule has 0 amide bonds. The maximum atomic E-state index is 12.0. The van der Waals surface area contributed by atoms with Gasteiger partial charge in [-0.3, -0.25) is 0 Å². The lowest BCUT2D eigenvalue weighted by Crippen LogP contribution is -2.76. The van der Waals surface area contributed by atoms with Crippen LogP contribution in [-0.2, 0) is 4.84 Å². The molecule has 0 aliphatic heterocycles. The highest BCUT2D eigenvalue weighted by atomic mass is 19.4. The monoisotopic (exact) mass is 251 g/mol. The van der Waals surface area contributed by atoms with Crippen LogP contribution in [0, 0.1) is 0 Å². The average Bonchev–Trinajstić information content (AvgIpc) is 2.20. The van der Waals surface area contributed by atoms with Gasteiger partial charge >= 0.3 is 6.36 Å². The summed E-state index contributed by atoms with van der Waals surface area (Å²) in [5, 5.41) is 2.93. The Bertz CT molecular complexity index is 369. The number of nitrogens with two attached hydrogens (primary N) is 1. The molecule has 0 aliphatic rings. The van der Waals surface area contributed by atoms with Crippen LogP contribution < -0.4 is 15.5 Å². The fourth-order valence-corrected chi connectivity index (χ4v) is 1.31. The van der Waals surface area contributed by atoms with Gasteiger partial charge in [0.2, 0.25) is 0 Å². The van der Waals surface area contributed by atoms with E-state index in [1.54, 1.807) is 0 Å². The Morgan fingerprint density at radius 1 is 1.35 bits per heavy atom. The second-order valence-electron chi connectivity index (χ2n) is 3.18. The first-order valence-corrected chi connectivity index (χ1v) is 4.96. The standard InChI is InChI=1S/C10H13F3N2O2/c1-3-14-9-6-7(17-10(11,12)13)4-5-8(9)15-16-2/h4-6,14-15H,3H2,1-2H3/p+1. The molecule has 7 heteroatoms. The summed E-state index contributed by atoms with van der Waals surface area (Å²) in [6.45, 7) is 2.42. The van der Waals surface area contributed by atoms with Crippen LogP contribution >= 0.6 is 0 Å². The highest BCUT2D eigenvalue weighted by Gasteiger charge is 2.31. The van der Waals surface area contributed by atoms with Crippen molar-refractivity contribution in [3.8, 4) is 5.75 Å². The molecule has 1 rings (SSSR count). The minimum absolute atomic E-state index is 0.262. The molecule has 17 heavy (non-hydrogen) atoms. The number of hydrogen-bond acceptors (Lipinski definition) is 3. The molecule has 0 unspecified atom stereocenters. The lowest BCUT2D eigenvalue weighted by molar-refractivity contribution is -0.829. The normalized spacial score (nSPS) is 11.4. The summed E-state index contributed by atoms with van der Waals surface area (Å²) in [6.07, 6.45) is -4.68. The molecule has 0 fully saturated rings. The summed E-state index contributed by atoms with van der Waals surface area (Å²) in [6, 6.07) is 4.00. The van der Waals surface area contributed by atoms with Gasteiger partial charge in [0.25, 0.3) is 0 Å². The second kappa shape index (κ2) is 5.74. The molecule has 1 aromatic rings. The molecule has 0 atom stereocenters. The number of rotatable bonds is 5. The van der Waals surface area contributed by atoms with E-state index < -0.39 is 6.36 Å². The van der Waals surface area contributed by atoms with Crippen LogP contribution in [0.15, 0.2) is 18.2 Å². The topological polar surface area (TPSA) is 47.1 Å². The minimum atomic E-state index is -4.68. The molecule has 3 N–H and O–H groups in total. The van der Waals surface area contributed by atoms with Gasteiger partial charge in [-0.1, -0.05) is 0 Å². The smallest absolute Gasteiger partial charge is 0.406 e. The van der Waals surface area contributed by atoms with Crippen molar-refractivity contribution < 1.29 is 28.2 Å². The highest BCUT2D eigenvalue weighted by Crippen LogP contribution is 2.28. The summed E-state index contributed by atoms with van der Waals surface area (Å²) >= 11 is 0. The molecule has 0 bridgehead atoms. The number of nitrogens with one attached hydrogen (secondary N) is 1. The summed E-state index contributed by atoms with van der Waals surface area (Å²) < 4.78 is 39.9. The molecule has 0 saturated carbocycles. The molecule has 4 nitrogen and oxygen atoms in total. The second-order valence-corrected chi connectivity index (χ2v) is 3.18. The maximum Gasteiger partial charge on any atom is 0.573 e. The predicted molar refractivity (Wildman–Crippen MR) is 55.9 cm³/mol. The van der Waals surface area contributed by atoms with Crippen LogP contribution in [0.4, 0.5) is 24.5 Å². The third-order valence-corrected chi connectivity index (χ3v) is 1.87. The average molecular weight is 251 g/mol. The van der Waals surface area contributed by atoms with Crippen molar-refractivity contribution in [1.82, 2.24) is 0 Å². The zero-order valence-electron chi connectivity index (χ0n) is 9.47. The lowest BCUT2D eigenvalue weighted by atomic mass is 10.2. The van der Waals surface area contributed by atoms with Crippen LogP contribution in [-0.4, -0.2) is 20.0 Å². The zero-order chi connectivity index (χ0) is 12.9. The molecule has 0 aromatic heterocycles. The third-order valence-electron chi connectivity index (χ3n) is 1.87. The Kier molecular flexibility index (Phi) is 4.59. The van der Waals surface area contributed by atoms with Crippen molar-refractivity contribution in [3.63, 3.8) is 0 Å². The van der Waals surface area contributed by atoms with E-state index in [0.29, 0.717) is 17.9 Å². The van der Waals surface area contributed by atoms with Gasteiger partial charge in [0.05, 0.1) is 7.11 Å². The van der Waals surface area contributed by atoms with E-state index in [4.69, 9.17) is 4.84 Å². The van der Waals surface area contributed by atoms with Crippen LogP contribution in [0.5, 0.6) is 5.75 Å². The van der Waals surface area contributed by atoms with Gasteiger partial charge in [-0.25, -0.2) is 4.84 Å². The molecule has 96 valence electrons. The van der Waals surface area contributed by atoms with Crippen LogP contribution in [0.25, 0.3) is 0 Å². The number of anilines is 1. The number of benzene rings is 1. The van der Waals surface area contributed by atoms with Crippen molar-refractivity contribution in [2.45, 2.75) is 13.3 Å². The van der Waals surface area contributed by atoms with Crippen molar-refractivity contribution in [3.05, 3.63) is 18.2 Å². The summed E-state index contributed by atoms with van der Waals surface area (Å²) in [5.74, 6) is -0.262. The van der Waals surface area contributed by atoms with Crippen LogP contribution in [0.2, 0.25) is 0 Å². The molecule has 1 aromatic carbocycles. The van der Waals surface area contributed by atoms with E-state index in [9.17, 15) is 13.2 Å². The van der Waals surface area contributed by atoms with Gasteiger partial charge in [0.1, 0.15) is 11.4 Å². The van der Waals surface area contributed by atoms with Crippen molar-refractivity contribution in [2.75, 3.05) is 19.0 Å². The Balaban J connectivity index is 2.92. The summed E-state index contributed by atoms with van der Waals surface area (Å²) in [5.41, 5.74) is 2.62. The highest BCUT2D eigenvalue weighted by molar-refractivity contribution is 5.63.